The van der Waals surface area contributed by atoms with Gasteiger partial charge in [-0.1, -0.05) is 42.7 Å². The molecule has 2 N–H and O–H groups in total. The fourth-order valence-electron chi connectivity index (χ4n) is 3.47. The van der Waals surface area contributed by atoms with E-state index in [1.165, 1.54) is 19.3 Å². The Hall–Kier alpha value is -1.97. The Kier molecular flexibility index (Phi) is 4.68. The number of primary sulfonamides is 1. The molecule has 2 aromatic heterocycles. The van der Waals surface area contributed by atoms with Gasteiger partial charge in [0.25, 0.3) is 0 Å². The zero-order chi connectivity index (χ0) is 18.1. The lowest BCUT2D eigenvalue weighted by atomic mass is 9.94. The summed E-state index contributed by atoms with van der Waals surface area (Å²) in [6, 6.07) is 7.23. The fourth-order valence-corrected chi connectivity index (χ4v) is 4.92. The van der Waals surface area contributed by atoms with Crippen molar-refractivity contribution in [1.29, 1.82) is 0 Å². The summed E-state index contributed by atoms with van der Waals surface area (Å²) in [7, 11) is -3.67. The zero-order valence-electron chi connectivity index (χ0n) is 14.3. The summed E-state index contributed by atoms with van der Waals surface area (Å²) in [5, 5.41) is 10.8. The van der Waals surface area contributed by atoms with Crippen molar-refractivity contribution in [3.63, 3.8) is 0 Å². The first-order chi connectivity index (χ1) is 12.5. The number of fused-ring (bicyclic) bond motifs is 1. The molecule has 0 unspecified atom stereocenters. The minimum atomic E-state index is -3.67. The van der Waals surface area contributed by atoms with Gasteiger partial charge in [0, 0.05) is 18.8 Å². The SMILES string of the molecule is NS(=O)(=O)c1ccc(CN(c2nn3ccnc3s2)C2CCCCC2)cc1. The lowest BCUT2D eigenvalue weighted by molar-refractivity contribution is 0.412. The van der Waals surface area contributed by atoms with Crippen LogP contribution in [-0.4, -0.2) is 29.1 Å². The molecule has 1 aliphatic carbocycles. The number of anilines is 1. The third-order valence-corrected chi connectivity index (χ3v) is 6.73. The maximum atomic E-state index is 11.5. The average molecular weight is 392 g/mol. The van der Waals surface area contributed by atoms with Crippen molar-refractivity contribution in [2.45, 2.75) is 49.6 Å². The van der Waals surface area contributed by atoms with E-state index in [0.29, 0.717) is 12.6 Å². The third kappa shape index (κ3) is 3.60. The number of hydrogen-bond donors (Lipinski definition) is 1. The first-order valence-electron chi connectivity index (χ1n) is 8.69. The van der Waals surface area contributed by atoms with Gasteiger partial charge in [0.1, 0.15) is 0 Å². The zero-order valence-corrected chi connectivity index (χ0v) is 15.9. The van der Waals surface area contributed by atoms with Gasteiger partial charge in [-0.2, -0.15) is 0 Å². The number of nitrogens with zero attached hydrogens (tertiary/aromatic N) is 4. The maximum Gasteiger partial charge on any atom is 0.238 e. The van der Waals surface area contributed by atoms with Crippen molar-refractivity contribution in [3.8, 4) is 0 Å². The van der Waals surface area contributed by atoms with Crippen molar-refractivity contribution in [1.82, 2.24) is 14.6 Å². The molecular formula is C17H21N5O2S2. The second-order valence-corrected chi connectivity index (χ2v) is 9.14. The van der Waals surface area contributed by atoms with Crippen LogP contribution in [0, 0.1) is 0 Å². The molecule has 3 aromatic rings. The van der Waals surface area contributed by atoms with E-state index in [9.17, 15) is 8.42 Å². The quantitative estimate of drug-likeness (QED) is 0.722. The van der Waals surface area contributed by atoms with Gasteiger partial charge >= 0.3 is 0 Å². The van der Waals surface area contributed by atoms with Gasteiger partial charge in [-0.15, -0.1) is 5.10 Å². The lowest BCUT2D eigenvalue weighted by Gasteiger charge is -2.34. The largest absolute Gasteiger partial charge is 0.339 e. The number of sulfonamides is 1. The first kappa shape index (κ1) is 17.4. The summed E-state index contributed by atoms with van der Waals surface area (Å²) >= 11 is 1.58. The Labute approximate surface area is 156 Å². The normalized spacial score (nSPS) is 16.2. The predicted molar refractivity (Wildman–Crippen MR) is 102 cm³/mol. The Morgan fingerprint density at radius 2 is 1.92 bits per heavy atom. The second kappa shape index (κ2) is 6.98. The molecule has 1 aliphatic rings. The van der Waals surface area contributed by atoms with E-state index in [1.807, 2.05) is 18.3 Å². The molecule has 4 rings (SSSR count). The summed E-state index contributed by atoms with van der Waals surface area (Å²) in [5.74, 6) is 0. The van der Waals surface area contributed by atoms with Crippen LogP contribution in [0.2, 0.25) is 0 Å². The number of nitrogens with two attached hydrogens (primary N) is 1. The molecule has 2 heterocycles. The summed E-state index contributed by atoms with van der Waals surface area (Å²) in [4.78, 5) is 7.68. The minimum Gasteiger partial charge on any atom is -0.339 e. The summed E-state index contributed by atoms with van der Waals surface area (Å²) in [5.41, 5.74) is 1.04. The van der Waals surface area contributed by atoms with Gasteiger partial charge < -0.3 is 4.90 Å². The molecule has 0 saturated heterocycles. The van der Waals surface area contributed by atoms with Crippen molar-refractivity contribution in [2.75, 3.05) is 4.90 Å². The number of rotatable bonds is 5. The molecule has 0 radical (unpaired) electrons. The predicted octanol–water partition coefficient (Wildman–Crippen LogP) is 2.78. The third-order valence-electron chi connectivity index (χ3n) is 4.83. The van der Waals surface area contributed by atoms with Crippen LogP contribution >= 0.6 is 11.3 Å². The Bertz CT molecular complexity index is 959. The number of hydrogen-bond acceptors (Lipinski definition) is 6. The maximum absolute atomic E-state index is 11.5. The van der Waals surface area contributed by atoms with Crippen molar-refractivity contribution in [3.05, 3.63) is 42.2 Å². The molecular weight excluding hydrogens is 370 g/mol. The van der Waals surface area contributed by atoms with Crippen LogP contribution in [0.25, 0.3) is 4.96 Å². The fraction of sp³-hybridized carbons (Fsp3) is 0.412. The molecule has 0 bridgehead atoms. The summed E-state index contributed by atoms with van der Waals surface area (Å²) in [6.45, 7) is 0.687. The van der Waals surface area contributed by atoms with Crippen LogP contribution in [0.4, 0.5) is 5.13 Å². The Balaban J connectivity index is 1.63. The van der Waals surface area contributed by atoms with Crippen molar-refractivity contribution in [2.24, 2.45) is 5.14 Å². The molecule has 0 amide bonds. The Morgan fingerprint density at radius 1 is 1.19 bits per heavy atom. The van der Waals surface area contributed by atoms with Crippen LogP contribution in [0.5, 0.6) is 0 Å². The number of benzene rings is 1. The molecule has 1 fully saturated rings. The monoisotopic (exact) mass is 391 g/mol. The van der Waals surface area contributed by atoms with Gasteiger partial charge in [0.2, 0.25) is 20.1 Å². The summed E-state index contributed by atoms with van der Waals surface area (Å²) in [6.07, 6.45) is 9.65. The highest BCUT2D eigenvalue weighted by atomic mass is 32.2. The van der Waals surface area contributed by atoms with Gasteiger partial charge in [-0.05, 0) is 30.5 Å². The van der Waals surface area contributed by atoms with E-state index in [-0.39, 0.29) is 4.90 Å². The second-order valence-electron chi connectivity index (χ2n) is 6.65. The molecule has 7 nitrogen and oxygen atoms in total. The average Bonchev–Trinajstić information content (AvgIpc) is 3.22. The van der Waals surface area contributed by atoms with Crippen LogP contribution < -0.4 is 10.0 Å². The van der Waals surface area contributed by atoms with E-state index in [2.05, 4.69) is 15.0 Å². The highest BCUT2D eigenvalue weighted by Crippen LogP contribution is 2.31. The molecule has 9 heteroatoms. The van der Waals surface area contributed by atoms with Crippen molar-refractivity contribution < 1.29 is 8.42 Å². The van der Waals surface area contributed by atoms with Gasteiger partial charge in [-0.3, -0.25) is 0 Å². The first-order valence-corrected chi connectivity index (χ1v) is 11.1. The van der Waals surface area contributed by atoms with Gasteiger partial charge in [0.15, 0.2) is 0 Å². The molecule has 26 heavy (non-hydrogen) atoms. The van der Waals surface area contributed by atoms with E-state index in [0.717, 1.165) is 28.5 Å². The Morgan fingerprint density at radius 3 is 2.58 bits per heavy atom. The lowest BCUT2D eigenvalue weighted by Crippen LogP contribution is -2.36. The topological polar surface area (TPSA) is 93.6 Å². The highest BCUT2D eigenvalue weighted by Gasteiger charge is 2.25. The highest BCUT2D eigenvalue weighted by molar-refractivity contribution is 7.89. The minimum absolute atomic E-state index is 0.137. The molecule has 0 atom stereocenters. The molecule has 1 aromatic carbocycles. The van der Waals surface area contributed by atoms with E-state index < -0.39 is 10.0 Å². The number of aromatic nitrogens is 3. The standard InChI is InChI=1S/C17H21N5O2S2/c18-26(23,24)15-8-6-13(7-9-15)12-21(14-4-2-1-3-5-14)17-20-22-11-10-19-16(22)25-17/h6-11,14H,1-5,12H2,(H2,18,23,24). The van der Waals surface area contributed by atoms with E-state index in [4.69, 9.17) is 5.14 Å². The van der Waals surface area contributed by atoms with Crippen molar-refractivity contribution >= 4 is 31.5 Å². The van der Waals surface area contributed by atoms with Crippen LogP contribution in [0.3, 0.4) is 0 Å². The van der Waals surface area contributed by atoms with Crippen LogP contribution in [-0.2, 0) is 16.6 Å². The van der Waals surface area contributed by atoms with Crippen LogP contribution in [0.1, 0.15) is 37.7 Å². The smallest absolute Gasteiger partial charge is 0.238 e. The van der Waals surface area contributed by atoms with Gasteiger partial charge in [0.05, 0.1) is 11.1 Å². The summed E-state index contributed by atoms with van der Waals surface area (Å²) < 4.78 is 24.7. The molecule has 1 saturated carbocycles. The molecule has 0 spiro atoms. The molecule has 0 aliphatic heterocycles. The van der Waals surface area contributed by atoms with Gasteiger partial charge in [-0.25, -0.2) is 23.1 Å². The molecule has 138 valence electrons. The number of imidazole rings is 1. The van der Waals surface area contributed by atoms with E-state index in [1.54, 1.807) is 34.2 Å². The van der Waals surface area contributed by atoms with E-state index >= 15 is 0 Å². The van der Waals surface area contributed by atoms with Crippen LogP contribution in [0.15, 0.2) is 41.6 Å².